The quantitative estimate of drug-likeness (QED) is 0.279. The van der Waals surface area contributed by atoms with Gasteiger partial charge in [-0.1, -0.05) is 47.8 Å². The zero-order valence-electron chi connectivity index (χ0n) is 24.6. The maximum Gasteiger partial charge on any atom is 0.314 e. The number of carbonyl (C=O) groups is 2. The van der Waals surface area contributed by atoms with E-state index in [2.05, 4.69) is 39.9 Å². The molecule has 41 heavy (non-hydrogen) atoms. The average Bonchev–Trinajstić information content (AvgIpc) is 3.80. The van der Waals surface area contributed by atoms with Crippen LogP contribution in [0.4, 0.5) is 0 Å². The first-order valence-electron chi connectivity index (χ1n) is 13.5. The summed E-state index contributed by atoms with van der Waals surface area (Å²) in [6, 6.07) is 11.3. The number of benzene rings is 2. The number of rotatable bonds is 10. The number of hydrogen-bond donors (Lipinski definition) is 2. The lowest BCUT2D eigenvalue weighted by atomic mass is 9.91. The van der Waals surface area contributed by atoms with Crippen molar-refractivity contribution in [1.82, 2.24) is 0 Å². The van der Waals surface area contributed by atoms with E-state index in [-0.39, 0.29) is 37.7 Å². The summed E-state index contributed by atoms with van der Waals surface area (Å²) < 4.78 is 16.9. The zero-order chi connectivity index (χ0) is 29.2. The van der Waals surface area contributed by atoms with Crippen molar-refractivity contribution < 1.29 is 33.7 Å². The van der Waals surface area contributed by atoms with Gasteiger partial charge in [0, 0.05) is 11.1 Å². The number of aliphatic hydroxyl groups is 1. The summed E-state index contributed by atoms with van der Waals surface area (Å²) in [5.41, 5.74) is 2.56. The Morgan fingerprint density at radius 3 is 1.66 bits per heavy atom. The number of carboxylic acid groups (broad SMARTS) is 1. The fourth-order valence-electron chi connectivity index (χ4n) is 4.58. The van der Waals surface area contributed by atoms with E-state index >= 15 is 0 Å². The Balaban J connectivity index is 0.000000413. The van der Waals surface area contributed by atoms with Crippen LogP contribution in [0.5, 0.6) is 11.5 Å². The van der Waals surface area contributed by atoms with E-state index in [1.54, 1.807) is 32.2 Å². The summed E-state index contributed by atoms with van der Waals surface area (Å²) in [6.07, 6.45) is 3.24. The molecule has 7 nitrogen and oxygen atoms in total. The van der Waals surface area contributed by atoms with Crippen molar-refractivity contribution in [2.75, 3.05) is 14.2 Å². The molecular formula is C33H52O7Si. The van der Waals surface area contributed by atoms with Gasteiger partial charge in [-0.25, -0.2) is 0 Å². The van der Waals surface area contributed by atoms with Gasteiger partial charge >= 0.3 is 5.97 Å². The van der Waals surface area contributed by atoms with E-state index in [0.717, 1.165) is 35.3 Å². The minimum absolute atomic E-state index is 0. The highest BCUT2D eigenvalue weighted by Gasteiger charge is 2.52. The molecule has 0 atom stereocenters. The molecule has 0 bridgehead atoms. The highest BCUT2D eigenvalue weighted by molar-refractivity contribution is 6.74. The summed E-state index contributed by atoms with van der Waals surface area (Å²) >= 11 is 0. The van der Waals surface area contributed by atoms with Crippen LogP contribution in [0.1, 0.15) is 90.5 Å². The smallest absolute Gasteiger partial charge is 0.314 e. The van der Waals surface area contributed by atoms with Crippen molar-refractivity contribution in [2.45, 2.75) is 110 Å². The number of aliphatic hydroxyl groups excluding tert-OH is 1. The van der Waals surface area contributed by atoms with Crippen LogP contribution in [-0.2, 0) is 38.1 Å². The molecule has 0 saturated heterocycles. The van der Waals surface area contributed by atoms with Crippen molar-refractivity contribution in [3.8, 4) is 11.5 Å². The number of ketones is 1. The second-order valence-corrected chi connectivity index (χ2v) is 17.1. The van der Waals surface area contributed by atoms with Crippen molar-refractivity contribution in [2.24, 2.45) is 0 Å². The highest BCUT2D eigenvalue weighted by Crippen LogP contribution is 2.50. The molecule has 2 N–H and O–H groups in total. The molecule has 0 spiro atoms. The van der Waals surface area contributed by atoms with Crippen molar-refractivity contribution >= 4 is 20.1 Å². The summed E-state index contributed by atoms with van der Waals surface area (Å²) in [7, 11) is 1.39. The Kier molecular flexibility index (Phi) is 12.0. The van der Waals surface area contributed by atoms with Crippen molar-refractivity contribution in [3.05, 3.63) is 58.7 Å². The summed E-state index contributed by atoms with van der Waals surface area (Å²) in [6.45, 7) is 13.3. The number of aliphatic carboxylic acids is 1. The second-order valence-electron chi connectivity index (χ2n) is 12.3. The van der Waals surface area contributed by atoms with Crippen molar-refractivity contribution in [1.29, 1.82) is 0 Å². The number of methoxy groups -OCH3 is 2. The van der Waals surface area contributed by atoms with Gasteiger partial charge in [0.15, 0.2) is 8.32 Å². The zero-order valence-corrected chi connectivity index (χ0v) is 25.6. The van der Waals surface area contributed by atoms with Crippen LogP contribution in [0.2, 0.25) is 18.1 Å². The summed E-state index contributed by atoms with van der Waals surface area (Å²) in [5.74, 6) is 0.903. The molecule has 0 heterocycles. The second kappa shape index (κ2) is 13.5. The van der Waals surface area contributed by atoms with Gasteiger partial charge in [-0.2, -0.15) is 0 Å². The predicted molar refractivity (Wildman–Crippen MR) is 167 cm³/mol. The molecule has 0 amide bonds. The molecule has 0 aromatic heterocycles. The number of ether oxygens (including phenoxy) is 2. The minimum Gasteiger partial charge on any atom is -0.496 e. The third kappa shape index (κ3) is 7.59. The largest absolute Gasteiger partial charge is 0.496 e. The summed E-state index contributed by atoms with van der Waals surface area (Å²) in [5, 5.41) is 18.5. The van der Waals surface area contributed by atoms with Gasteiger partial charge in [-0.05, 0) is 86.1 Å². The Labute approximate surface area is 248 Å². The number of Topliss-reactive ketones (excluding diaryl/α,β-unsaturated/α-hetero) is 1. The standard InChI is InChI=1S/C19H30O3Si.C12H14O4.2CH4/c1-14(20)19(10-11-19)16-8-9-17(21-5)15(12-16)13-22-23(6,7)18(2,3)4;1-16-10-3-2-9(6-8(10)7-13)12(4-5-12)11(14)15;;/h8-9,12H,10-11,13H2,1-7H3;2-3,6,13H,4-5,7H2,1H3,(H,14,15);2*1H4. The normalized spacial score (nSPS) is 16.1. The monoisotopic (exact) mass is 588 g/mol. The maximum atomic E-state index is 12.0. The molecule has 230 valence electrons. The molecule has 2 aliphatic rings. The fourth-order valence-corrected chi connectivity index (χ4v) is 5.53. The van der Waals surface area contributed by atoms with E-state index in [1.807, 2.05) is 12.1 Å². The van der Waals surface area contributed by atoms with E-state index in [1.165, 1.54) is 7.11 Å². The first-order valence-corrected chi connectivity index (χ1v) is 16.4. The SMILES string of the molecule is C.C.COc1ccc(C2(C(=O)O)CC2)cc1CO.COc1ccc(C2(C(C)=O)CC2)cc1CO[Si](C)(C)C(C)(C)C. The van der Waals surface area contributed by atoms with Crippen LogP contribution in [-0.4, -0.2) is 44.5 Å². The van der Waals surface area contributed by atoms with Crippen LogP contribution >= 0.6 is 0 Å². The van der Waals surface area contributed by atoms with Gasteiger partial charge in [0.2, 0.25) is 0 Å². The average molecular weight is 589 g/mol. The lowest BCUT2D eigenvalue weighted by molar-refractivity contribution is -0.140. The van der Waals surface area contributed by atoms with Gasteiger partial charge < -0.3 is 24.1 Å². The van der Waals surface area contributed by atoms with Gasteiger partial charge in [-0.3, -0.25) is 9.59 Å². The Bertz CT molecular complexity index is 1200. The van der Waals surface area contributed by atoms with Crippen LogP contribution < -0.4 is 9.47 Å². The Hall–Kier alpha value is -2.68. The Morgan fingerprint density at radius 2 is 1.29 bits per heavy atom. The van der Waals surface area contributed by atoms with Gasteiger partial charge in [0.1, 0.15) is 17.3 Å². The Morgan fingerprint density at radius 1 is 0.854 bits per heavy atom. The van der Waals surface area contributed by atoms with Crippen LogP contribution in [0, 0.1) is 0 Å². The van der Waals surface area contributed by atoms with E-state index in [9.17, 15) is 14.7 Å². The molecular weight excluding hydrogens is 536 g/mol. The van der Waals surface area contributed by atoms with Gasteiger partial charge in [-0.15, -0.1) is 0 Å². The van der Waals surface area contributed by atoms with E-state index < -0.39 is 19.7 Å². The van der Waals surface area contributed by atoms with Crippen LogP contribution in [0.3, 0.4) is 0 Å². The number of carbonyl (C=O) groups excluding carboxylic acids is 1. The number of carboxylic acids is 1. The minimum atomic E-state index is -1.82. The van der Waals surface area contributed by atoms with Crippen molar-refractivity contribution in [3.63, 3.8) is 0 Å². The topological polar surface area (TPSA) is 102 Å². The van der Waals surface area contributed by atoms with E-state index in [4.69, 9.17) is 19.0 Å². The fraction of sp³-hybridized carbons (Fsp3) is 0.576. The molecule has 0 aliphatic heterocycles. The van der Waals surface area contributed by atoms with Gasteiger partial charge in [0.05, 0.1) is 38.3 Å². The molecule has 2 aromatic carbocycles. The molecule has 2 fully saturated rings. The molecule has 2 aromatic rings. The van der Waals surface area contributed by atoms with Crippen LogP contribution in [0.25, 0.3) is 0 Å². The number of hydrogen-bond acceptors (Lipinski definition) is 6. The van der Waals surface area contributed by atoms with Gasteiger partial charge in [0.25, 0.3) is 0 Å². The molecule has 0 unspecified atom stereocenters. The molecule has 0 radical (unpaired) electrons. The molecule has 2 saturated carbocycles. The third-order valence-electron chi connectivity index (χ3n) is 8.81. The predicted octanol–water partition coefficient (Wildman–Crippen LogP) is 7.41. The molecule has 4 rings (SSSR count). The molecule has 2 aliphatic carbocycles. The lowest BCUT2D eigenvalue weighted by Gasteiger charge is -2.36. The summed E-state index contributed by atoms with van der Waals surface area (Å²) in [4.78, 5) is 23.1. The first kappa shape index (κ1) is 36.3. The first-order chi connectivity index (χ1) is 18.2. The highest BCUT2D eigenvalue weighted by atomic mass is 28.4. The lowest BCUT2D eigenvalue weighted by Crippen LogP contribution is -2.40. The molecule has 8 heteroatoms. The maximum absolute atomic E-state index is 12.0. The third-order valence-corrected chi connectivity index (χ3v) is 13.3. The van der Waals surface area contributed by atoms with E-state index in [0.29, 0.717) is 30.8 Å². The van der Waals surface area contributed by atoms with Crippen LogP contribution in [0.15, 0.2) is 36.4 Å².